The molecule has 0 radical (unpaired) electrons. The molecule has 1 amide bonds. The van der Waals surface area contributed by atoms with Crippen LogP contribution in [0.3, 0.4) is 0 Å². The van der Waals surface area contributed by atoms with Crippen LogP contribution in [0.2, 0.25) is 0 Å². The molecule has 2 aromatic rings. The number of carboxylic acids is 1. The van der Waals surface area contributed by atoms with Crippen molar-refractivity contribution in [2.45, 2.75) is 12.8 Å². The summed E-state index contributed by atoms with van der Waals surface area (Å²) in [6.07, 6.45) is 4.05. The molecule has 6 nitrogen and oxygen atoms in total. The summed E-state index contributed by atoms with van der Waals surface area (Å²) < 4.78 is 0. The molecule has 0 fully saturated rings. The number of phenols is 1. The van der Waals surface area contributed by atoms with Crippen molar-refractivity contribution < 1.29 is 19.8 Å². The van der Waals surface area contributed by atoms with Crippen LogP contribution in [0.25, 0.3) is 0 Å². The van der Waals surface area contributed by atoms with Gasteiger partial charge in [-0.1, -0.05) is 12.1 Å². The lowest BCUT2D eigenvalue weighted by atomic mass is 10.1. The number of pyridine rings is 1. The van der Waals surface area contributed by atoms with E-state index in [9.17, 15) is 14.7 Å². The van der Waals surface area contributed by atoms with Gasteiger partial charge in [-0.25, -0.2) is 4.79 Å². The summed E-state index contributed by atoms with van der Waals surface area (Å²) in [5, 5.41) is 21.2. The molecule has 0 bridgehead atoms. The maximum Gasteiger partial charge on any atom is 0.339 e. The van der Waals surface area contributed by atoms with Gasteiger partial charge in [0.15, 0.2) is 5.75 Å². The van der Waals surface area contributed by atoms with Crippen LogP contribution in [0.5, 0.6) is 5.75 Å². The van der Waals surface area contributed by atoms with E-state index in [1.54, 1.807) is 18.5 Å². The number of carbonyl (C=O) groups excluding carboxylic acids is 1. The molecule has 0 aliphatic rings. The maximum absolute atomic E-state index is 11.8. The van der Waals surface area contributed by atoms with Gasteiger partial charge in [0.05, 0.1) is 5.69 Å². The Morgan fingerprint density at radius 2 is 2.00 bits per heavy atom. The Hall–Kier alpha value is -2.89. The van der Waals surface area contributed by atoms with Crippen molar-refractivity contribution in [1.29, 1.82) is 0 Å². The number of aromatic carboxylic acids is 1. The molecule has 0 saturated carbocycles. The van der Waals surface area contributed by atoms with Crippen molar-refractivity contribution in [3.8, 4) is 5.75 Å². The van der Waals surface area contributed by atoms with E-state index in [1.807, 2.05) is 6.07 Å². The number of hydrogen-bond donors (Lipinski definition) is 3. The van der Waals surface area contributed by atoms with Crippen LogP contribution in [0.1, 0.15) is 22.3 Å². The predicted molar refractivity (Wildman–Crippen MR) is 76.3 cm³/mol. The van der Waals surface area contributed by atoms with Gasteiger partial charge in [-0.2, -0.15) is 0 Å². The number of rotatable bonds is 5. The Balaban J connectivity index is 2.00. The number of nitrogens with one attached hydrogen (secondary N) is 1. The minimum atomic E-state index is -1.25. The second kappa shape index (κ2) is 6.51. The van der Waals surface area contributed by atoms with Crippen molar-refractivity contribution >= 4 is 17.6 Å². The summed E-state index contributed by atoms with van der Waals surface area (Å²) in [7, 11) is 0. The largest absolute Gasteiger partial charge is 0.505 e. The number of amides is 1. The molecule has 108 valence electrons. The molecule has 0 aliphatic carbocycles. The van der Waals surface area contributed by atoms with Crippen molar-refractivity contribution in [2.75, 3.05) is 5.32 Å². The summed E-state index contributed by atoms with van der Waals surface area (Å²) in [4.78, 5) is 26.7. The second-order valence-electron chi connectivity index (χ2n) is 4.42. The van der Waals surface area contributed by atoms with Crippen LogP contribution in [0, 0.1) is 0 Å². The van der Waals surface area contributed by atoms with E-state index in [1.165, 1.54) is 18.2 Å². The Bertz CT molecular complexity index is 656. The predicted octanol–water partition coefficient (Wildman–Crippen LogP) is 2.06. The average Bonchev–Trinajstić information content (AvgIpc) is 2.48. The van der Waals surface area contributed by atoms with E-state index in [4.69, 9.17) is 5.11 Å². The first-order valence-electron chi connectivity index (χ1n) is 6.32. The van der Waals surface area contributed by atoms with Crippen molar-refractivity contribution in [3.05, 3.63) is 53.9 Å². The molecule has 2 rings (SSSR count). The molecule has 0 saturated heterocycles. The zero-order chi connectivity index (χ0) is 15.2. The molecule has 0 spiro atoms. The molecule has 3 N–H and O–H groups in total. The van der Waals surface area contributed by atoms with Crippen LogP contribution in [0.4, 0.5) is 5.69 Å². The third-order valence-electron chi connectivity index (χ3n) is 2.90. The molecule has 6 heteroatoms. The minimum absolute atomic E-state index is 0.0890. The Kier molecular flexibility index (Phi) is 4.50. The molecule has 0 aliphatic heterocycles. The first-order chi connectivity index (χ1) is 10.1. The monoisotopic (exact) mass is 286 g/mol. The summed E-state index contributed by atoms with van der Waals surface area (Å²) in [6, 6.07) is 7.82. The third-order valence-corrected chi connectivity index (χ3v) is 2.90. The Morgan fingerprint density at radius 1 is 1.19 bits per heavy atom. The highest BCUT2D eigenvalue weighted by Gasteiger charge is 2.14. The number of para-hydroxylation sites is 1. The lowest BCUT2D eigenvalue weighted by Crippen LogP contribution is -2.13. The lowest BCUT2D eigenvalue weighted by molar-refractivity contribution is -0.116. The highest BCUT2D eigenvalue weighted by molar-refractivity contribution is 5.97. The van der Waals surface area contributed by atoms with Gasteiger partial charge in [0.2, 0.25) is 5.91 Å². The fourth-order valence-corrected chi connectivity index (χ4v) is 1.83. The van der Waals surface area contributed by atoms with Gasteiger partial charge in [0.25, 0.3) is 0 Å². The number of benzene rings is 1. The average molecular weight is 286 g/mol. The number of hydrogen-bond acceptors (Lipinski definition) is 4. The van der Waals surface area contributed by atoms with E-state index in [-0.39, 0.29) is 23.6 Å². The summed E-state index contributed by atoms with van der Waals surface area (Å²) in [5.41, 5.74) is 0.766. The topological polar surface area (TPSA) is 99.5 Å². The molecule has 1 aromatic carbocycles. The van der Waals surface area contributed by atoms with Crippen LogP contribution in [-0.2, 0) is 11.2 Å². The molecule has 1 aromatic heterocycles. The quantitative estimate of drug-likeness (QED) is 0.730. The third kappa shape index (κ3) is 3.79. The van der Waals surface area contributed by atoms with Gasteiger partial charge >= 0.3 is 5.97 Å². The zero-order valence-electron chi connectivity index (χ0n) is 11.1. The van der Waals surface area contributed by atoms with Crippen LogP contribution >= 0.6 is 0 Å². The number of carboxylic acid groups (broad SMARTS) is 1. The van der Waals surface area contributed by atoms with Gasteiger partial charge in [-0.05, 0) is 30.2 Å². The summed E-state index contributed by atoms with van der Waals surface area (Å²) >= 11 is 0. The van der Waals surface area contributed by atoms with E-state index < -0.39 is 11.7 Å². The first kappa shape index (κ1) is 14.5. The fraction of sp³-hybridized carbons (Fsp3) is 0.133. The van der Waals surface area contributed by atoms with Crippen molar-refractivity contribution in [3.63, 3.8) is 0 Å². The summed E-state index contributed by atoms with van der Waals surface area (Å²) in [6.45, 7) is 0. The molecule has 0 unspecified atom stereocenters. The van der Waals surface area contributed by atoms with E-state index in [0.29, 0.717) is 6.42 Å². The van der Waals surface area contributed by atoms with Gasteiger partial charge < -0.3 is 15.5 Å². The van der Waals surface area contributed by atoms with Gasteiger partial charge in [0.1, 0.15) is 5.56 Å². The van der Waals surface area contributed by atoms with E-state index >= 15 is 0 Å². The van der Waals surface area contributed by atoms with Crippen LogP contribution in [-0.4, -0.2) is 27.1 Å². The zero-order valence-corrected chi connectivity index (χ0v) is 11.1. The van der Waals surface area contributed by atoms with Crippen LogP contribution in [0.15, 0.2) is 42.7 Å². The second-order valence-corrected chi connectivity index (χ2v) is 4.42. The number of aryl methyl sites for hydroxylation is 1. The number of anilines is 1. The fourth-order valence-electron chi connectivity index (χ4n) is 1.83. The highest BCUT2D eigenvalue weighted by Crippen LogP contribution is 2.27. The number of nitrogens with zero attached hydrogens (tertiary/aromatic N) is 1. The first-order valence-corrected chi connectivity index (χ1v) is 6.32. The van der Waals surface area contributed by atoms with Gasteiger partial charge in [0, 0.05) is 18.8 Å². The van der Waals surface area contributed by atoms with Crippen molar-refractivity contribution in [2.24, 2.45) is 0 Å². The number of aromatic hydroxyl groups is 1. The van der Waals surface area contributed by atoms with Gasteiger partial charge in [-0.3, -0.25) is 9.78 Å². The normalized spacial score (nSPS) is 10.1. The highest BCUT2D eigenvalue weighted by atomic mass is 16.4. The summed E-state index contributed by atoms with van der Waals surface area (Å²) in [5.74, 6) is -2.00. The Morgan fingerprint density at radius 3 is 2.67 bits per heavy atom. The number of carbonyl (C=O) groups is 2. The molecular formula is C15H14N2O4. The van der Waals surface area contributed by atoms with E-state index in [2.05, 4.69) is 10.3 Å². The van der Waals surface area contributed by atoms with Crippen molar-refractivity contribution in [1.82, 2.24) is 4.98 Å². The van der Waals surface area contributed by atoms with Gasteiger partial charge in [-0.15, -0.1) is 0 Å². The van der Waals surface area contributed by atoms with Crippen LogP contribution < -0.4 is 5.32 Å². The maximum atomic E-state index is 11.8. The lowest BCUT2D eigenvalue weighted by Gasteiger charge is -2.09. The molecule has 1 heterocycles. The van der Waals surface area contributed by atoms with E-state index in [0.717, 1.165) is 5.56 Å². The SMILES string of the molecule is O=C(CCc1cccnc1)Nc1cccc(C(=O)O)c1O. The standard InChI is InChI=1S/C15H14N2O4/c18-13(7-6-10-3-2-8-16-9-10)17-12-5-1-4-11(14(12)19)15(20)21/h1-5,8-9,19H,6-7H2,(H,17,18)(H,20,21). The number of aromatic nitrogens is 1. The molecule has 21 heavy (non-hydrogen) atoms. The smallest absolute Gasteiger partial charge is 0.339 e. The molecular weight excluding hydrogens is 272 g/mol. The Labute approximate surface area is 121 Å². The molecule has 0 atom stereocenters. The minimum Gasteiger partial charge on any atom is -0.505 e.